The molecule has 1 aliphatic rings. The van der Waals surface area contributed by atoms with E-state index >= 15 is 0 Å². The van der Waals surface area contributed by atoms with Gasteiger partial charge in [-0.15, -0.1) is 0 Å². The number of nitrogens with one attached hydrogen (secondary N) is 1. The lowest BCUT2D eigenvalue weighted by atomic mass is 9.79. The lowest BCUT2D eigenvalue weighted by molar-refractivity contribution is -0.152. The minimum absolute atomic E-state index is 0.0932. The predicted octanol–water partition coefficient (Wildman–Crippen LogP) is 3.95. The van der Waals surface area contributed by atoms with Gasteiger partial charge >= 0.3 is 5.97 Å². The summed E-state index contributed by atoms with van der Waals surface area (Å²) in [6.07, 6.45) is 2.93. The second kappa shape index (κ2) is 9.81. The summed E-state index contributed by atoms with van der Waals surface area (Å²) in [4.78, 5) is 29.5. The Balaban J connectivity index is 1.36. The van der Waals surface area contributed by atoms with Crippen LogP contribution in [0.1, 0.15) is 43.0 Å². The fourth-order valence-electron chi connectivity index (χ4n) is 4.13. The molecule has 172 valence electrons. The molecule has 0 unspecified atom stereocenters. The summed E-state index contributed by atoms with van der Waals surface area (Å²) < 4.78 is 29.2. The highest BCUT2D eigenvalue weighted by atomic mass is 19.1. The molecule has 0 aliphatic heterocycles. The molecule has 3 aromatic rings. The van der Waals surface area contributed by atoms with E-state index in [2.05, 4.69) is 15.5 Å². The van der Waals surface area contributed by atoms with Gasteiger partial charge in [-0.25, -0.2) is 4.39 Å². The van der Waals surface area contributed by atoms with E-state index < -0.39 is 11.4 Å². The zero-order valence-corrected chi connectivity index (χ0v) is 18.2. The summed E-state index contributed by atoms with van der Waals surface area (Å²) in [5.74, 6) is -0.300. The Hall–Kier alpha value is -3.75. The minimum atomic E-state index is -0.800. The van der Waals surface area contributed by atoms with Gasteiger partial charge in [-0.2, -0.15) is 4.98 Å². The molecule has 1 heterocycles. The van der Waals surface area contributed by atoms with Gasteiger partial charge in [0.25, 0.3) is 5.89 Å². The third-order valence-electron chi connectivity index (χ3n) is 5.78. The molecule has 1 saturated carbocycles. The zero-order valence-electron chi connectivity index (χ0n) is 18.2. The molecule has 2 aromatic carbocycles. The summed E-state index contributed by atoms with van der Waals surface area (Å²) in [6, 6.07) is 13.0. The standard InChI is InChI=1S/C24H24FN3O5/c1-31-19-7-3-2-6-18(19)26-21(29)14-20-27-22(33-28-20)15-32-23(30)24(12-4-5-13-24)16-8-10-17(25)11-9-16/h2-3,6-11H,4-5,12-15H2,1H3,(H,26,29). The number of hydrogen-bond acceptors (Lipinski definition) is 7. The van der Waals surface area contributed by atoms with Crippen molar-refractivity contribution in [3.8, 4) is 5.75 Å². The summed E-state index contributed by atoms with van der Waals surface area (Å²) in [5.41, 5.74) is 0.474. The Kier molecular flexibility index (Phi) is 6.67. The van der Waals surface area contributed by atoms with Crippen LogP contribution in [0.5, 0.6) is 5.75 Å². The maximum absolute atomic E-state index is 13.3. The van der Waals surface area contributed by atoms with Crippen molar-refractivity contribution in [1.29, 1.82) is 0 Å². The molecule has 4 rings (SSSR count). The molecule has 8 nitrogen and oxygen atoms in total. The molecular formula is C24H24FN3O5. The maximum atomic E-state index is 13.3. The van der Waals surface area contributed by atoms with Gasteiger partial charge in [-0.1, -0.05) is 42.3 Å². The molecule has 1 amide bonds. The van der Waals surface area contributed by atoms with Gasteiger partial charge < -0.3 is 19.3 Å². The number of benzene rings is 2. The van der Waals surface area contributed by atoms with E-state index in [0.717, 1.165) is 18.4 Å². The van der Waals surface area contributed by atoms with E-state index in [9.17, 15) is 14.0 Å². The van der Waals surface area contributed by atoms with Gasteiger partial charge in [0.05, 0.1) is 24.6 Å². The molecule has 0 atom stereocenters. The van der Waals surface area contributed by atoms with Crippen molar-refractivity contribution in [3.05, 3.63) is 71.6 Å². The van der Waals surface area contributed by atoms with Crippen LogP contribution >= 0.6 is 0 Å². The van der Waals surface area contributed by atoms with Gasteiger partial charge in [-0.05, 0) is 42.7 Å². The van der Waals surface area contributed by atoms with E-state index in [1.165, 1.54) is 19.2 Å². The number of halogens is 1. The number of anilines is 1. The van der Waals surface area contributed by atoms with E-state index in [4.69, 9.17) is 14.0 Å². The van der Waals surface area contributed by atoms with E-state index in [1.807, 2.05) is 0 Å². The maximum Gasteiger partial charge on any atom is 0.317 e. The van der Waals surface area contributed by atoms with Crippen molar-refractivity contribution in [3.63, 3.8) is 0 Å². The van der Waals surface area contributed by atoms with Crippen LogP contribution in [0.4, 0.5) is 10.1 Å². The second-order valence-electron chi connectivity index (χ2n) is 7.90. The third kappa shape index (κ3) is 5.02. The second-order valence-corrected chi connectivity index (χ2v) is 7.90. The number of carbonyl (C=O) groups is 2. The number of ether oxygens (including phenoxy) is 2. The van der Waals surface area contributed by atoms with Crippen LogP contribution in [0.3, 0.4) is 0 Å². The number of para-hydroxylation sites is 2. The third-order valence-corrected chi connectivity index (χ3v) is 5.78. The van der Waals surface area contributed by atoms with Crippen LogP contribution in [-0.4, -0.2) is 29.1 Å². The first kappa shape index (κ1) is 22.4. The van der Waals surface area contributed by atoms with Crippen LogP contribution < -0.4 is 10.1 Å². The van der Waals surface area contributed by atoms with Crippen molar-refractivity contribution >= 4 is 17.6 Å². The number of amides is 1. The van der Waals surface area contributed by atoms with Gasteiger partial charge in [0.1, 0.15) is 11.6 Å². The van der Waals surface area contributed by atoms with Crippen LogP contribution in [0.2, 0.25) is 0 Å². The van der Waals surface area contributed by atoms with Crippen molar-refractivity contribution in [2.75, 3.05) is 12.4 Å². The summed E-state index contributed by atoms with van der Waals surface area (Å²) in [7, 11) is 1.52. The molecule has 0 bridgehead atoms. The number of methoxy groups -OCH3 is 1. The number of carbonyl (C=O) groups excluding carboxylic acids is 2. The highest BCUT2D eigenvalue weighted by Crippen LogP contribution is 2.42. The van der Waals surface area contributed by atoms with E-state index in [0.29, 0.717) is 24.3 Å². The largest absolute Gasteiger partial charge is 0.495 e. The SMILES string of the molecule is COc1ccccc1NC(=O)Cc1noc(COC(=O)C2(c3ccc(F)cc3)CCCC2)n1. The first-order valence-electron chi connectivity index (χ1n) is 10.7. The average Bonchev–Trinajstić information content (AvgIpc) is 3.49. The van der Waals surface area contributed by atoms with Crippen LogP contribution in [-0.2, 0) is 32.8 Å². The highest BCUT2D eigenvalue weighted by molar-refractivity contribution is 5.93. The van der Waals surface area contributed by atoms with Gasteiger partial charge in [0.2, 0.25) is 5.91 Å². The number of esters is 1. The quantitative estimate of drug-likeness (QED) is 0.515. The zero-order chi connectivity index (χ0) is 23.3. The first-order chi connectivity index (χ1) is 16.0. The molecule has 0 spiro atoms. The molecule has 1 fully saturated rings. The number of rotatable bonds is 8. The molecule has 9 heteroatoms. The van der Waals surface area contributed by atoms with E-state index in [1.54, 1.807) is 36.4 Å². The topological polar surface area (TPSA) is 104 Å². The van der Waals surface area contributed by atoms with E-state index in [-0.39, 0.29) is 36.5 Å². The number of hydrogen-bond donors (Lipinski definition) is 1. The Bertz CT molecular complexity index is 1120. The van der Waals surface area contributed by atoms with Crippen molar-refractivity contribution in [2.45, 2.75) is 44.1 Å². The van der Waals surface area contributed by atoms with Crippen molar-refractivity contribution in [1.82, 2.24) is 10.1 Å². The molecule has 0 radical (unpaired) electrons. The Morgan fingerprint density at radius 1 is 1.12 bits per heavy atom. The Morgan fingerprint density at radius 3 is 2.58 bits per heavy atom. The van der Waals surface area contributed by atoms with Gasteiger partial charge in [0, 0.05) is 0 Å². The monoisotopic (exact) mass is 453 g/mol. The first-order valence-corrected chi connectivity index (χ1v) is 10.7. The molecular weight excluding hydrogens is 429 g/mol. The predicted molar refractivity (Wildman–Crippen MR) is 116 cm³/mol. The molecule has 1 aliphatic carbocycles. The van der Waals surface area contributed by atoms with Gasteiger partial charge in [-0.3, -0.25) is 9.59 Å². The lowest BCUT2D eigenvalue weighted by Crippen LogP contribution is -2.34. The van der Waals surface area contributed by atoms with Crippen LogP contribution in [0, 0.1) is 5.82 Å². The lowest BCUT2D eigenvalue weighted by Gasteiger charge is -2.26. The summed E-state index contributed by atoms with van der Waals surface area (Å²) in [5, 5.41) is 6.53. The van der Waals surface area contributed by atoms with Crippen LogP contribution in [0.15, 0.2) is 53.1 Å². The fourth-order valence-corrected chi connectivity index (χ4v) is 4.13. The molecule has 1 N–H and O–H groups in total. The highest BCUT2D eigenvalue weighted by Gasteiger charge is 2.44. The number of aromatic nitrogens is 2. The Morgan fingerprint density at radius 2 is 1.85 bits per heavy atom. The normalized spacial score (nSPS) is 14.6. The smallest absolute Gasteiger partial charge is 0.317 e. The Labute approximate surface area is 190 Å². The molecule has 1 aromatic heterocycles. The van der Waals surface area contributed by atoms with Crippen molar-refractivity contribution in [2.24, 2.45) is 0 Å². The summed E-state index contributed by atoms with van der Waals surface area (Å²) in [6.45, 7) is -0.205. The van der Waals surface area contributed by atoms with Crippen molar-refractivity contribution < 1.29 is 28.0 Å². The van der Waals surface area contributed by atoms with Gasteiger partial charge in [0.15, 0.2) is 12.4 Å². The number of nitrogens with zero attached hydrogens (tertiary/aromatic N) is 2. The average molecular weight is 453 g/mol. The summed E-state index contributed by atoms with van der Waals surface area (Å²) >= 11 is 0. The molecule has 33 heavy (non-hydrogen) atoms. The molecule has 0 saturated heterocycles. The van der Waals surface area contributed by atoms with Crippen LogP contribution in [0.25, 0.3) is 0 Å². The fraction of sp³-hybridized carbons (Fsp3) is 0.333. The minimum Gasteiger partial charge on any atom is -0.495 e.